The quantitative estimate of drug-likeness (QED) is 0.588. The van der Waals surface area contributed by atoms with Gasteiger partial charge in [0.1, 0.15) is 0 Å². The largest absolute Gasteiger partial charge is 0.320 e. The first kappa shape index (κ1) is 10.5. The van der Waals surface area contributed by atoms with Crippen molar-refractivity contribution in [3.63, 3.8) is 0 Å². The van der Waals surface area contributed by atoms with E-state index in [1.807, 2.05) is 0 Å². The molecule has 1 rings (SSSR count). The average molecular weight is 181 g/mol. The summed E-state index contributed by atoms with van der Waals surface area (Å²) in [6, 6.07) is 0. The normalized spacial score (nSPS) is 19.5. The number of nitrogens with two attached hydrogens (primary N) is 1. The molecule has 2 N–H and O–H groups in total. The minimum Gasteiger partial charge on any atom is -0.320 e. The molecule has 1 fully saturated rings. The van der Waals surface area contributed by atoms with Gasteiger partial charge >= 0.3 is 0 Å². The highest BCUT2D eigenvalue weighted by molar-refractivity contribution is 5.00. The summed E-state index contributed by atoms with van der Waals surface area (Å²) in [5, 5.41) is 0. The van der Waals surface area contributed by atoms with E-state index < -0.39 is 0 Å². The van der Waals surface area contributed by atoms with Gasteiger partial charge in [0.25, 0.3) is 0 Å². The van der Waals surface area contributed by atoms with Crippen molar-refractivity contribution in [2.24, 2.45) is 5.73 Å². The standard InChI is InChI=1S/C10H19N3/c1-12-7-9-13(10-8-12)6-4-2-3-5-11/h4-11H2,1H3. The Bertz CT molecular complexity index is 184. The van der Waals surface area contributed by atoms with Crippen LogP contribution in [0.15, 0.2) is 0 Å². The van der Waals surface area contributed by atoms with Crippen molar-refractivity contribution in [3.8, 4) is 11.8 Å². The Morgan fingerprint density at radius 2 is 1.85 bits per heavy atom. The fourth-order valence-corrected chi connectivity index (χ4v) is 1.45. The zero-order chi connectivity index (χ0) is 9.52. The Balaban J connectivity index is 2.09. The zero-order valence-electron chi connectivity index (χ0n) is 8.42. The van der Waals surface area contributed by atoms with Crippen molar-refractivity contribution in [1.82, 2.24) is 9.80 Å². The van der Waals surface area contributed by atoms with Crippen LogP contribution in [0, 0.1) is 11.8 Å². The molecule has 0 aromatic carbocycles. The van der Waals surface area contributed by atoms with Crippen LogP contribution in [0.4, 0.5) is 0 Å². The van der Waals surface area contributed by atoms with Crippen LogP contribution in [0.5, 0.6) is 0 Å². The molecule has 0 unspecified atom stereocenters. The van der Waals surface area contributed by atoms with Gasteiger partial charge in [0, 0.05) is 39.1 Å². The second kappa shape index (κ2) is 5.98. The van der Waals surface area contributed by atoms with Crippen LogP contribution in [0.2, 0.25) is 0 Å². The van der Waals surface area contributed by atoms with Gasteiger partial charge in [-0.1, -0.05) is 5.92 Å². The second-order valence-electron chi connectivity index (χ2n) is 3.45. The lowest BCUT2D eigenvalue weighted by molar-refractivity contribution is 0.157. The fourth-order valence-electron chi connectivity index (χ4n) is 1.45. The smallest absolute Gasteiger partial charge is 0.0551 e. The molecule has 1 aliphatic heterocycles. The Morgan fingerprint density at radius 3 is 2.46 bits per heavy atom. The highest BCUT2D eigenvalue weighted by Gasteiger charge is 2.11. The molecule has 0 bridgehead atoms. The Labute approximate surface area is 80.9 Å². The summed E-state index contributed by atoms with van der Waals surface area (Å²) in [6.45, 7) is 6.32. The zero-order valence-corrected chi connectivity index (χ0v) is 8.42. The Morgan fingerprint density at radius 1 is 1.15 bits per heavy atom. The van der Waals surface area contributed by atoms with E-state index in [0.717, 1.165) is 13.0 Å². The Hall–Kier alpha value is -0.560. The van der Waals surface area contributed by atoms with Gasteiger partial charge in [-0.2, -0.15) is 0 Å². The maximum atomic E-state index is 5.27. The summed E-state index contributed by atoms with van der Waals surface area (Å²) in [7, 11) is 2.17. The molecule has 0 aromatic rings. The van der Waals surface area contributed by atoms with Gasteiger partial charge in [0.2, 0.25) is 0 Å². The number of nitrogens with zero attached hydrogens (tertiary/aromatic N) is 2. The van der Waals surface area contributed by atoms with Crippen LogP contribution in [-0.4, -0.2) is 56.1 Å². The number of hydrogen-bond donors (Lipinski definition) is 1. The summed E-state index contributed by atoms with van der Waals surface area (Å²) in [6.07, 6.45) is 0.959. The van der Waals surface area contributed by atoms with E-state index in [-0.39, 0.29) is 0 Å². The second-order valence-corrected chi connectivity index (χ2v) is 3.45. The third-order valence-electron chi connectivity index (χ3n) is 2.38. The molecule has 1 heterocycles. The molecule has 0 spiro atoms. The summed E-state index contributed by atoms with van der Waals surface area (Å²) in [5.74, 6) is 5.95. The van der Waals surface area contributed by atoms with Gasteiger partial charge in [0.15, 0.2) is 0 Å². The van der Waals surface area contributed by atoms with E-state index in [0.29, 0.717) is 6.54 Å². The van der Waals surface area contributed by atoms with E-state index in [1.54, 1.807) is 0 Å². The van der Waals surface area contributed by atoms with Crippen molar-refractivity contribution in [1.29, 1.82) is 0 Å². The van der Waals surface area contributed by atoms with E-state index in [9.17, 15) is 0 Å². The van der Waals surface area contributed by atoms with E-state index >= 15 is 0 Å². The summed E-state index contributed by atoms with van der Waals surface area (Å²) >= 11 is 0. The number of piperazine rings is 1. The molecule has 74 valence electrons. The molecular formula is C10H19N3. The van der Waals surface area contributed by atoms with E-state index in [1.165, 1.54) is 26.2 Å². The molecule has 0 atom stereocenters. The number of rotatable bonds is 2. The molecule has 1 saturated heterocycles. The van der Waals surface area contributed by atoms with Crippen molar-refractivity contribution < 1.29 is 0 Å². The maximum absolute atomic E-state index is 5.27. The molecule has 0 aliphatic carbocycles. The van der Waals surface area contributed by atoms with Crippen LogP contribution in [0.1, 0.15) is 6.42 Å². The average Bonchev–Trinajstić information content (AvgIpc) is 2.15. The molecule has 0 aromatic heterocycles. The van der Waals surface area contributed by atoms with Gasteiger partial charge in [-0.25, -0.2) is 0 Å². The first-order valence-corrected chi connectivity index (χ1v) is 4.89. The van der Waals surface area contributed by atoms with E-state index in [4.69, 9.17) is 5.73 Å². The lowest BCUT2D eigenvalue weighted by Gasteiger charge is -2.31. The minimum absolute atomic E-state index is 0.489. The van der Waals surface area contributed by atoms with Crippen molar-refractivity contribution in [3.05, 3.63) is 0 Å². The molecule has 1 aliphatic rings. The highest BCUT2D eigenvalue weighted by Crippen LogP contribution is 1.99. The van der Waals surface area contributed by atoms with Crippen LogP contribution in [0.25, 0.3) is 0 Å². The molecule has 13 heavy (non-hydrogen) atoms. The molecule has 3 heteroatoms. The topological polar surface area (TPSA) is 32.5 Å². The SMILES string of the molecule is CN1CCN(CCC#CCN)CC1. The number of hydrogen-bond acceptors (Lipinski definition) is 3. The number of likely N-dealkylation sites (N-methyl/N-ethyl adjacent to an activating group) is 1. The fraction of sp³-hybridized carbons (Fsp3) is 0.800. The van der Waals surface area contributed by atoms with Gasteiger partial charge in [0.05, 0.1) is 6.54 Å². The third kappa shape index (κ3) is 4.28. The molecule has 0 radical (unpaired) electrons. The highest BCUT2D eigenvalue weighted by atomic mass is 15.2. The first-order chi connectivity index (χ1) is 6.33. The lowest BCUT2D eigenvalue weighted by atomic mass is 10.3. The van der Waals surface area contributed by atoms with Crippen molar-refractivity contribution in [2.75, 3.05) is 46.3 Å². The van der Waals surface area contributed by atoms with Gasteiger partial charge in [-0.15, -0.1) is 5.92 Å². The summed E-state index contributed by atoms with van der Waals surface area (Å²) in [4.78, 5) is 4.83. The van der Waals surface area contributed by atoms with Crippen molar-refractivity contribution in [2.45, 2.75) is 6.42 Å². The van der Waals surface area contributed by atoms with Crippen LogP contribution in [-0.2, 0) is 0 Å². The van der Waals surface area contributed by atoms with Crippen LogP contribution >= 0.6 is 0 Å². The van der Waals surface area contributed by atoms with Gasteiger partial charge < -0.3 is 10.6 Å². The Kier molecular flexibility index (Phi) is 4.84. The molecule has 3 nitrogen and oxygen atoms in total. The maximum Gasteiger partial charge on any atom is 0.0551 e. The monoisotopic (exact) mass is 181 g/mol. The molecular weight excluding hydrogens is 162 g/mol. The predicted molar refractivity (Wildman–Crippen MR) is 55.4 cm³/mol. The van der Waals surface area contributed by atoms with Crippen LogP contribution in [0.3, 0.4) is 0 Å². The van der Waals surface area contributed by atoms with Gasteiger partial charge in [-0.05, 0) is 7.05 Å². The molecule has 0 amide bonds. The third-order valence-corrected chi connectivity index (χ3v) is 2.38. The van der Waals surface area contributed by atoms with Crippen molar-refractivity contribution >= 4 is 0 Å². The van der Waals surface area contributed by atoms with Crippen LogP contribution < -0.4 is 5.73 Å². The predicted octanol–water partition coefficient (Wildman–Crippen LogP) is -0.414. The van der Waals surface area contributed by atoms with E-state index in [2.05, 4.69) is 28.7 Å². The minimum atomic E-state index is 0.489. The molecule has 0 saturated carbocycles. The lowest BCUT2D eigenvalue weighted by Crippen LogP contribution is -2.44. The first-order valence-electron chi connectivity index (χ1n) is 4.89. The van der Waals surface area contributed by atoms with Gasteiger partial charge in [-0.3, -0.25) is 4.90 Å². The summed E-state index contributed by atoms with van der Waals surface area (Å²) < 4.78 is 0. The summed E-state index contributed by atoms with van der Waals surface area (Å²) in [5.41, 5.74) is 5.27.